The Morgan fingerprint density at radius 2 is 1.90 bits per heavy atom. The number of nitrogens with two attached hydrogens (primary N) is 1. The molecule has 1 saturated heterocycles. The van der Waals surface area contributed by atoms with Gasteiger partial charge in [0.25, 0.3) is 0 Å². The maximum atomic E-state index is 11.0. The van der Waals surface area contributed by atoms with Crippen LogP contribution in [0.1, 0.15) is 91.9 Å². The zero-order chi connectivity index (χ0) is 22.2. The number of aliphatic hydroxyl groups is 2. The number of halogens is 1. The van der Waals surface area contributed by atoms with Gasteiger partial charge in [0, 0.05) is 0 Å². The van der Waals surface area contributed by atoms with E-state index in [0.717, 1.165) is 49.5 Å². The Kier molecular flexibility index (Phi) is 11.1. The molecule has 30 heavy (non-hydrogen) atoms. The second-order valence-corrected chi connectivity index (χ2v) is 13.7. The van der Waals surface area contributed by atoms with Crippen LogP contribution in [-0.2, 0) is 0 Å². The molecular formula is C25H48IN2O2-. The predicted molar refractivity (Wildman–Crippen MR) is 123 cm³/mol. The molecule has 4 nitrogen and oxygen atoms in total. The molecule has 0 aromatic carbocycles. The molecule has 2 fully saturated rings. The van der Waals surface area contributed by atoms with Gasteiger partial charge in [-0.1, -0.05) is 6.92 Å². The van der Waals surface area contributed by atoms with E-state index in [4.69, 9.17) is 5.73 Å². The zero-order valence-corrected chi connectivity index (χ0v) is 22.0. The molecular weight excluding hydrogens is 487 g/mol. The van der Waals surface area contributed by atoms with Gasteiger partial charge in [-0.15, -0.1) is 0 Å². The van der Waals surface area contributed by atoms with E-state index < -0.39 is 5.60 Å². The third kappa shape index (κ3) is 8.34. The average Bonchev–Trinajstić information content (AvgIpc) is 2.97. The van der Waals surface area contributed by atoms with Gasteiger partial charge in [-0.25, -0.2) is 0 Å². The minimum atomic E-state index is -0.643. The summed E-state index contributed by atoms with van der Waals surface area (Å²) in [6.45, 7) is 9.72. The van der Waals surface area contributed by atoms with Crippen molar-refractivity contribution in [3.05, 3.63) is 12.2 Å². The Morgan fingerprint density at radius 3 is 2.53 bits per heavy atom. The van der Waals surface area contributed by atoms with E-state index in [1.165, 1.54) is 25.7 Å². The molecule has 2 rings (SSSR count). The van der Waals surface area contributed by atoms with E-state index >= 15 is 0 Å². The second-order valence-electron chi connectivity index (χ2n) is 10.4. The van der Waals surface area contributed by atoms with E-state index in [2.05, 4.69) is 32.2 Å². The van der Waals surface area contributed by atoms with Gasteiger partial charge < -0.3 is 0 Å². The van der Waals surface area contributed by atoms with E-state index in [0.29, 0.717) is 15.9 Å². The van der Waals surface area contributed by atoms with E-state index in [1.54, 1.807) is 0 Å². The summed E-state index contributed by atoms with van der Waals surface area (Å²) in [4.78, 5) is 0. The molecule has 5 N–H and O–H groups in total. The number of hydrogen-bond donors (Lipinski definition) is 4. The second kappa shape index (κ2) is 12.5. The van der Waals surface area contributed by atoms with Crippen molar-refractivity contribution in [2.24, 2.45) is 17.6 Å². The van der Waals surface area contributed by atoms with Crippen molar-refractivity contribution in [3.8, 4) is 0 Å². The number of hydrogen-bond acceptors (Lipinski definition) is 4. The van der Waals surface area contributed by atoms with Crippen LogP contribution in [0, 0.1) is 11.8 Å². The van der Waals surface area contributed by atoms with Crippen LogP contribution in [0.15, 0.2) is 12.2 Å². The first kappa shape index (κ1) is 26.6. The van der Waals surface area contributed by atoms with Gasteiger partial charge in [0.15, 0.2) is 0 Å². The van der Waals surface area contributed by atoms with Crippen LogP contribution in [0.3, 0.4) is 0 Å². The SMILES string of the molecule is CCCCCC(C)(N)CC1[I-]C[C@](C)(O)C1/C=C/C(O)C1CCC(NCCC)CC1. The quantitative estimate of drug-likeness (QED) is 0.130. The Balaban J connectivity index is 1.90. The van der Waals surface area contributed by atoms with Gasteiger partial charge in [-0.2, -0.15) is 0 Å². The molecule has 0 spiro atoms. The molecule has 0 amide bonds. The van der Waals surface area contributed by atoms with E-state index in [1.807, 2.05) is 13.0 Å². The molecule has 1 heterocycles. The van der Waals surface area contributed by atoms with Gasteiger partial charge >= 0.3 is 190 Å². The van der Waals surface area contributed by atoms with Crippen molar-refractivity contribution < 1.29 is 31.4 Å². The summed E-state index contributed by atoms with van der Waals surface area (Å²) in [6, 6.07) is 0.622. The van der Waals surface area contributed by atoms with Crippen molar-refractivity contribution >= 4 is 0 Å². The summed E-state index contributed by atoms with van der Waals surface area (Å²) in [7, 11) is 0. The molecule has 178 valence electrons. The van der Waals surface area contributed by atoms with Crippen LogP contribution in [0.4, 0.5) is 0 Å². The summed E-state index contributed by atoms with van der Waals surface area (Å²) in [5.74, 6) is 0.491. The van der Waals surface area contributed by atoms with Crippen molar-refractivity contribution in [1.29, 1.82) is 0 Å². The Labute approximate surface area is 196 Å². The molecule has 5 atom stereocenters. The standard InChI is InChI=1S/C25H48IN2O2/c1-5-7-8-15-24(3,27)17-22-21(25(4,30)18-26-22)13-14-23(29)19-9-11-20(12-10-19)28-16-6-2/h13-14,19-23,28-30H,5-12,15-18,27H2,1-4H3/q-1/b14-13+/t19?,20?,21?,22?,23?,24?,25-/m0/s1. The monoisotopic (exact) mass is 535 g/mol. The maximum absolute atomic E-state index is 11.0. The predicted octanol–water partition coefficient (Wildman–Crippen LogP) is 0.988. The minimum absolute atomic E-state index is 0.0706. The molecule has 0 radical (unpaired) electrons. The molecule has 4 unspecified atom stereocenters. The third-order valence-corrected chi connectivity index (χ3v) is 11.5. The first-order valence-corrected chi connectivity index (χ1v) is 15.1. The Bertz CT molecular complexity index is 515. The zero-order valence-electron chi connectivity index (χ0n) is 19.9. The van der Waals surface area contributed by atoms with Crippen LogP contribution >= 0.6 is 0 Å². The van der Waals surface area contributed by atoms with Crippen LogP contribution in [0.2, 0.25) is 0 Å². The van der Waals surface area contributed by atoms with Gasteiger partial charge in [0.1, 0.15) is 0 Å². The van der Waals surface area contributed by atoms with E-state index in [9.17, 15) is 10.2 Å². The summed E-state index contributed by atoms with van der Waals surface area (Å²) < 4.78 is 1.44. The van der Waals surface area contributed by atoms with Crippen LogP contribution in [0.5, 0.6) is 0 Å². The van der Waals surface area contributed by atoms with Crippen molar-refractivity contribution in [1.82, 2.24) is 5.32 Å². The molecule has 1 aliphatic heterocycles. The fourth-order valence-corrected chi connectivity index (χ4v) is 9.92. The van der Waals surface area contributed by atoms with Crippen molar-refractivity contribution in [3.63, 3.8) is 0 Å². The van der Waals surface area contributed by atoms with Gasteiger partial charge in [-0.05, 0) is 0 Å². The first-order chi connectivity index (χ1) is 14.2. The first-order valence-electron chi connectivity index (χ1n) is 12.4. The third-order valence-electron chi connectivity index (χ3n) is 7.12. The molecule has 1 saturated carbocycles. The number of aliphatic hydroxyl groups excluding tert-OH is 1. The van der Waals surface area contributed by atoms with Gasteiger partial charge in [0.2, 0.25) is 0 Å². The average molecular weight is 536 g/mol. The molecule has 2 aliphatic rings. The van der Waals surface area contributed by atoms with Crippen LogP contribution in [0.25, 0.3) is 0 Å². The summed E-state index contributed by atoms with van der Waals surface area (Å²) in [5.41, 5.74) is 5.88. The fourth-order valence-electron chi connectivity index (χ4n) is 5.07. The van der Waals surface area contributed by atoms with Crippen LogP contribution in [-0.4, -0.2) is 48.4 Å². The number of nitrogens with one attached hydrogen (secondary N) is 1. The normalized spacial score (nSPS) is 35.8. The van der Waals surface area contributed by atoms with Crippen molar-refractivity contribution in [2.75, 3.05) is 11.0 Å². The van der Waals surface area contributed by atoms with Crippen LogP contribution < -0.4 is 32.3 Å². The van der Waals surface area contributed by atoms with Gasteiger partial charge in [0.05, 0.1) is 0 Å². The summed E-state index contributed by atoms with van der Waals surface area (Å²) in [5, 5.41) is 25.5. The number of unbranched alkanes of at least 4 members (excludes halogenated alkanes) is 2. The topological polar surface area (TPSA) is 78.5 Å². The summed E-state index contributed by atoms with van der Waals surface area (Å²) in [6.07, 6.45) is 15.2. The Hall–Kier alpha value is 0.310. The van der Waals surface area contributed by atoms with Crippen molar-refractivity contribution in [2.45, 2.75) is 119 Å². The summed E-state index contributed by atoms with van der Waals surface area (Å²) >= 11 is -0.0706. The molecule has 0 aromatic rings. The molecule has 5 heteroatoms. The fraction of sp³-hybridized carbons (Fsp3) is 0.920. The Morgan fingerprint density at radius 1 is 1.20 bits per heavy atom. The number of rotatable bonds is 12. The number of alkyl halides is 2. The molecule has 0 aromatic heterocycles. The van der Waals surface area contributed by atoms with Gasteiger partial charge in [-0.3, -0.25) is 0 Å². The molecule has 1 aliphatic carbocycles. The van der Waals surface area contributed by atoms with E-state index in [-0.39, 0.29) is 38.8 Å². The molecule has 0 bridgehead atoms.